The summed E-state index contributed by atoms with van der Waals surface area (Å²) in [5, 5.41) is 8.52. The molecular formula is C12H25N3O2S. The van der Waals surface area contributed by atoms with Gasteiger partial charge in [0.05, 0.1) is 6.07 Å². The lowest BCUT2D eigenvalue weighted by molar-refractivity contribution is 0.351. The monoisotopic (exact) mass is 275 g/mol. The zero-order valence-corrected chi connectivity index (χ0v) is 12.5. The Morgan fingerprint density at radius 3 is 1.94 bits per heavy atom. The molecule has 0 aliphatic carbocycles. The van der Waals surface area contributed by atoms with Gasteiger partial charge in [-0.05, 0) is 12.8 Å². The van der Waals surface area contributed by atoms with Crippen LogP contribution < -0.4 is 0 Å². The molecule has 0 saturated heterocycles. The lowest BCUT2D eigenvalue weighted by atomic mass is 10.3. The Bertz CT molecular complexity index is 341. The van der Waals surface area contributed by atoms with Crippen molar-refractivity contribution in [2.24, 2.45) is 0 Å². The van der Waals surface area contributed by atoms with Crippen molar-refractivity contribution in [1.29, 1.82) is 5.26 Å². The van der Waals surface area contributed by atoms with Gasteiger partial charge in [0, 0.05) is 33.1 Å². The van der Waals surface area contributed by atoms with Gasteiger partial charge in [-0.3, -0.25) is 0 Å². The number of hydrogen-bond donors (Lipinski definition) is 0. The van der Waals surface area contributed by atoms with Gasteiger partial charge in [0.15, 0.2) is 0 Å². The quantitative estimate of drug-likeness (QED) is 0.612. The molecule has 0 radical (unpaired) electrons. The maximum Gasteiger partial charge on any atom is 0.281 e. The first-order valence-corrected chi connectivity index (χ1v) is 7.98. The first-order chi connectivity index (χ1) is 8.50. The molecular weight excluding hydrogens is 250 g/mol. The molecule has 6 heteroatoms. The molecule has 0 fully saturated rings. The Balaban J connectivity index is 4.66. The molecule has 5 nitrogen and oxygen atoms in total. The van der Waals surface area contributed by atoms with Gasteiger partial charge in [-0.2, -0.15) is 22.3 Å². The smallest absolute Gasteiger partial charge is 0.198 e. The third kappa shape index (κ3) is 5.80. The summed E-state index contributed by atoms with van der Waals surface area (Å²) in [7, 11) is -1.86. The third-order valence-corrected chi connectivity index (χ3v) is 4.77. The summed E-state index contributed by atoms with van der Waals surface area (Å²) in [5.41, 5.74) is 0. The predicted molar refractivity (Wildman–Crippen MR) is 73.2 cm³/mol. The highest BCUT2D eigenvalue weighted by Crippen LogP contribution is 2.10. The Labute approximate surface area is 112 Å². The average Bonchev–Trinajstić information content (AvgIpc) is 2.35. The summed E-state index contributed by atoms with van der Waals surface area (Å²) < 4.78 is 27.4. The molecule has 0 rings (SSSR count). The van der Waals surface area contributed by atoms with Crippen LogP contribution >= 0.6 is 0 Å². The molecule has 0 aliphatic rings. The number of hydrogen-bond acceptors (Lipinski definition) is 3. The van der Waals surface area contributed by atoms with Gasteiger partial charge in [0.1, 0.15) is 0 Å². The van der Waals surface area contributed by atoms with Crippen molar-refractivity contribution in [3.05, 3.63) is 0 Å². The van der Waals surface area contributed by atoms with Crippen LogP contribution in [0.5, 0.6) is 0 Å². The zero-order valence-electron chi connectivity index (χ0n) is 11.7. The molecule has 0 bridgehead atoms. The molecule has 0 saturated carbocycles. The topological polar surface area (TPSA) is 64.4 Å². The summed E-state index contributed by atoms with van der Waals surface area (Å²) >= 11 is 0. The molecule has 0 aliphatic heterocycles. The number of nitrogens with zero attached hydrogens (tertiary/aromatic N) is 3. The van der Waals surface area contributed by atoms with Crippen LogP contribution in [0.2, 0.25) is 0 Å². The number of nitriles is 1. The molecule has 0 spiro atoms. The summed E-state index contributed by atoms with van der Waals surface area (Å²) in [6, 6.07) is 1.97. The van der Waals surface area contributed by atoms with Crippen LogP contribution in [0, 0.1) is 11.3 Å². The highest BCUT2D eigenvalue weighted by atomic mass is 32.2. The molecule has 18 heavy (non-hydrogen) atoms. The van der Waals surface area contributed by atoms with E-state index in [0.717, 1.165) is 25.7 Å². The SMILES string of the molecule is CCCCN(CCCC)S(=O)(=O)N(C)CCC#N. The van der Waals surface area contributed by atoms with Crippen molar-refractivity contribution < 1.29 is 8.42 Å². The van der Waals surface area contributed by atoms with Gasteiger partial charge in [0.2, 0.25) is 0 Å². The van der Waals surface area contributed by atoms with E-state index in [4.69, 9.17) is 5.26 Å². The van der Waals surface area contributed by atoms with E-state index in [1.165, 1.54) is 15.7 Å². The minimum Gasteiger partial charge on any atom is -0.198 e. The maximum atomic E-state index is 12.3. The molecule has 0 unspecified atom stereocenters. The summed E-state index contributed by atoms with van der Waals surface area (Å²) in [4.78, 5) is 0. The summed E-state index contributed by atoms with van der Waals surface area (Å²) in [6.07, 6.45) is 3.91. The van der Waals surface area contributed by atoms with Crippen LogP contribution in [0.4, 0.5) is 0 Å². The summed E-state index contributed by atoms with van der Waals surface area (Å²) in [5.74, 6) is 0. The first kappa shape index (κ1) is 17.4. The lowest BCUT2D eigenvalue weighted by Gasteiger charge is -2.27. The fourth-order valence-electron chi connectivity index (χ4n) is 1.53. The van der Waals surface area contributed by atoms with Crippen molar-refractivity contribution in [2.75, 3.05) is 26.7 Å². The van der Waals surface area contributed by atoms with E-state index in [1.807, 2.05) is 19.9 Å². The normalized spacial score (nSPS) is 12.0. The molecule has 0 aromatic rings. The van der Waals surface area contributed by atoms with E-state index in [0.29, 0.717) is 13.1 Å². The lowest BCUT2D eigenvalue weighted by Crippen LogP contribution is -2.43. The molecule has 0 atom stereocenters. The third-order valence-electron chi connectivity index (χ3n) is 2.78. The van der Waals surface area contributed by atoms with E-state index in [1.54, 1.807) is 0 Å². The van der Waals surface area contributed by atoms with Crippen molar-refractivity contribution in [3.8, 4) is 6.07 Å². The predicted octanol–water partition coefficient (Wildman–Crippen LogP) is 1.98. The standard InChI is InChI=1S/C12H25N3O2S/c1-4-6-11-15(12-7-5-2)18(16,17)14(3)10-8-9-13/h4-8,10-12H2,1-3H3. The number of rotatable bonds is 10. The van der Waals surface area contributed by atoms with Gasteiger partial charge in [0.25, 0.3) is 10.2 Å². The van der Waals surface area contributed by atoms with E-state index in [2.05, 4.69) is 0 Å². The highest BCUT2D eigenvalue weighted by Gasteiger charge is 2.25. The molecule has 106 valence electrons. The van der Waals surface area contributed by atoms with Gasteiger partial charge >= 0.3 is 0 Å². The summed E-state index contributed by atoms with van der Waals surface area (Å²) in [6.45, 7) is 5.48. The van der Waals surface area contributed by atoms with E-state index in [-0.39, 0.29) is 13.0 Å². The maximum absolute atomic E-state index is 12.3. The second-order valence-corrected chi connectivity index (χ2v) is 6.38. The molecule has 0 N–H and O–H groups in total. The average molecular weight is 275 g/mol. The minimum atomic E-state index is -3.40. The van der Waals surface area contributed by atoms with Crippen molar-refractivity contribution in [3.63, 3.8) is 0 Å². The van der Waals surface area contributed by atoms with Crippen LogP contribution in [0.3, 0.4) is 0 Å². The van der Waals surface area contributed by atoms with E-state index < -0.39 is 10.2 Å². The Kier molecular flexibility index (Phi) is 8.98. The first-order valence-electron chi connectivity index (χ1n) is 6.59. The molecule has 0 amide bonds. The highest BCUT2D eigenvalue weighted by molar-refractivity contribution is 7.86. The van der Waals surface area contributed by atoms with Gasteiger partial charge in [-0.25, -0.2) is 0 Å². The Morgan fingerprint density at radius 2 is 1.56 bits per heavy atom. The fourth-order valence-corrected chi connectivity index (χ4v) is 2.97. The van der Waals surface area contributed by atoms with E-state index >= 15 is 0 Å². The molecule has 0 aromatic heterocycles. The second-order valence-electron chi connectivity index (χ2n) is 4.34. The second kappa shape index (κ2) is 9.31. The van der Waals surface area contributed by atoms with Crippen LogP contribution in [-0.2, 0) is 10.2 Å². The largest absolute Gasteiger partial charge is 0.281 e. The fraction of sp³-hybridized carbons (Fsp3) is 0.917. The van der Waals surface area contributed by atoms with Crippen LogP contribution in [0.1, 0.15) is 46.0 Å². The van der Waals surface area contributed by atoms with Crippen molar-refractivity contribution in [2.45, 2.75) is 46.0 Å². The number of unbranched alkanes of at least 4 members (excludes halogenated alkanes) is 2. The van der Waals surface area contributed by atoms with Crippen LogP contribution in [-0.4, -0.2) is 43.7 Å². The zero-order chi connectivity index (χ0) is 14.0. The van der Waals surface area contributed by atoms with E-state index in [9.17, 15) is 8.42 Å². The Hall–Kier alpha value is -0.640. The molecule has 0 aromatic carbocycles. The Morgan fingerprint density at radius 1 is 1.06 bits per heavy atom. The van der Waals surface area contributed by atoms with Crippen LogP contribution in [0.15, 0.2) is 0 Å². The van der Waals surface area contributed by atoms with Gasteiger partial charge < -0.3 is 0 Å². The minimum absolute atomic E-state index is 0.227. The van der Waals surface area contributed by atoms with Crippen LogP contribution in [0.25, 0.3) is 0 Å². The molecule has 0 heterocycles. The van der Waals surface area contributed by atoms with Crippen molar-refractivity contribution in [1.82, 2.24) is 8.61 Å². The van der Waals surface area contributed by atoms with Crippen molar-refractivity contribution >= 4 is 10.2 Å². The van der Waals surface area contributed by atoms with Gasteiger partial charge in [-0.15, -0.1) is 0 Å². The van der Waals surface area contributed by atoms with Gasteiger partial charge in [-0.1, -0.05) is 26.7 Å².